The van der Waals surface area contributed by atoms with E-state index in [1.807, 2.05) is 16.7 Å². The molecule has 2 saturated heterocycles. The summed E-state index contributed by atoms with van der Waals surface area (Å²) in [5.74, 6) is 1.24. The van der Waals surface area contributed by atoms with Crippen LogP contribution in [0.5, 0.6) is 0 Å². The first-order chi connectivity index (χ1) is 4.84. The molecule has 2 nitrogen and oxygen atoms in total. The standard InChI is InChI=1S/C7H9NOS/c9-6-2-7-8(6)3-4-1-5(4)10-7/h4-5,7H,1-3H2/t4?,5?,7-/m1/s1. The molecule has 0 spiro atoms. The highest BCUT2D eigenvalue weighted by molar-refractivity contribution is 8.00. The van der Waals surface area contributed by atoms with Gasteiger partial charge in [0.05, 0.1) is 11.8 Å². The highest BCUT2D eigenvalue weighted by Crippen LogP contribution is 2.52. The molecule has 3 fully saturated rings. The van der Waals surface area contributed by atoms with Crippen molar-refractivity contribution in [1.29, 1.82) is 0 Å². The monoisotopic (exact) mass is 155 g/mol. The van der Waals surface area contributed by atoms with Crippen LogP contribution in [0.1, 0.15) is 12.8 Å². The highest BCUT2D eigenvalue weighted by Gasteiger charge is 2.52. The Labute approximate surface area is 64.0 Å². The lowest BCUT2D eigenvalue weighted by Crippen LogP contribution is -2.53. The number of carbonyl (C=O) groups excluding carboxylic acids is 1. The average molecular weight is 155 g/mol. The summed E-state index contributed by atoms with van der Waals surface area (Å²) in [7, 11) is 0. The fourth-order valence-corrected chi connectivity index (χ4v) is 3.46. The predicted molar refractivity (Wildman–Crippen MR) is 39.6 cm³/mol. The molecule has 3 atom stereocenters. The van der Waals surface area contributed by atoms with Crippen molar-refractivity contribution in [2.75, 3.05) is 6.54 Å². The molecule has 2 heterocycles. The topological polar surface area (TPSA) is 20.3 Å². The fourth-order valence-electron chi connectivity index (χ4n) is 1.80. The molecule has 54 valence electrons. The zero-order valence-electron chi connectivity index (χ0n) is 5.62. The molecule has 3 heteroatoms. The maximum absolute atomic E-state index is 10.9. The van der Waals surface area contributed by atoms with Gasteiger partial charge >= 0.3 is 0 Å². The van der Waals surface area contributed by atoms with Crippen LogP contribution in [0.3, 0.4) is 0 Å². The first-order valence-electron chi connectivity index (χ1n) is 3.79. The van der Waals surface area contributed by atoms with Gasteiger partial charge in [0.15, 0.2) is 0 Å². The van der Waals surface area contributed by atoms with Gasteiger partial charge in [-0.25, -0.2) is 0 Å². The minimum absolute atomic E-state index is 0.378. The van der Waals surface area contributed by atoms with Gasteiger partial charge in [-0.3, -0.25) is 4.79 Å². The minimum Gasteiger partial charge on any atom is -0.330 e. The third-order valence-corrected chi connectivity index (χ3v) is 4.30. The molecule has 0 N–H and O–H groups in total. The van der Waals surface area contributed by atoms with E-state index in [-0.39, 0.29) is 0 Å². The van der Waals surface area contributed by atoms with Crippen molar-refractivity contribution in [2.24, 2.45) is 5.92 Å². The molecule has 0 aromatic carbocycles. The van der Waals surface area contributed by atoms with E-state index in [0.29, 0.717) is 11.3 Å². The Bertz CT molecular complexity index is 206. The maximum atomic E-state index is 10.9. The molecular weight excluding hydrogens is 146 g/mol. The van der Waals surface area contributed by atoms with E-state index in [1.54, 1.807) is 0 Å². The van der Waals surface area contributed by atoms with Crippen molar-refractivity contribution in [1.82, 2.24) is 4.90 Å². The quantitative estimate of drug-likeness (QED) is 0.479. The van der Waals surface area contributed by atoms with Gasteiger partial charge in [0.2, 0.25) is 5.91 Å². The van der Waals surface area contributed by atoms with Crippen molar-refractivity contribution in [3.05, 3.63) is 0 Å². The van der Waals surface area contributed by atoms with Gasteiger partial charge in [0, 0.05) is 11.8 Å². The average Bonchev–Trinajstić information content (AvgIpc) is 2.63. The van der Waals surface area contributed by atoms with Crippen LogP contribution in [0.4, 0.5) is 0 Å². The van der Waals surface area contributed by atoms with Gasteiger partial charge in [0.1, 0.15) is 0 Å². The van der Waals surface area contributed by atoms with Crippen molar-refractivity contribution in [2.45, 2.75) is 23.5 Å². The molecule has 10 heavy (non-hydrogen) atoms. The summed E-state index contributed by atoms with van der Waals surface area (Å²) < 4.78 is 0. The maximum Gasteiger partial charge on any atom is 0.226 e. The number of thioether (sulfide) groups is 1. The SMILES string of the molecule is O=C1C[C@H]2SC3CC3CN12. The molecule has 1 amide bonds. The van der Waals surface area contributed by atoms with Crippen LogP contribution >= 0.6 is 11.8 Å². The number of fused-ring (bicyclic) bond motifs is 2. The van der Waals surface area contributed by atoms with E-state index < -0.39 is 0 Å². The number of amides is 1. The van der Waals surface area contributed by atoms with Gasteiger partial charge in [-0.15, -0.1) is 11.8 Å². The molecule has 0 aromatic heterocycles. The molecule has 2 unspecified atom stereocenters. The predicted octanol–water partition coefficient (Wildman–Crippen LogP) is 0.680. The number of β-lactam (4-membered cyclic amide) rings is 1. The Morgan fingerprint density at radius 3 is 3.30 bits per heavy atom. The number of hydrogen-bond donors (Lipinski definition) is 0. The van der Waals surface area contributed by atoms with Crippen LogP contribution in [-0.2, 0) is 4.79 Å². The van der Waals surface area contributed by atoms with Crippen molar-refractivity contribution < 1.29 is 4.79 Å². The molecule has 3 rings (SSSR count). The first kappa shape index (κ1) is 5.47. The molecule has 1 aliphatic carbocycles. The van der Waals surface area contributed by atoms with Crippen molar-refractivity contribution >= 4 is 17.7 Å². The van der Waals surface area contributed by atoms with E-state index in [9.17, 15) is 4.79 Å². The lowest BCUT2D eigenvalue weighted by Gasteiger charge is -2.42. The molecular formula is C7H9NOS. The van der Waals surface area contributed by atoms with Crippen LogP contribution in [-0.4, -0.2) is 28.0 Å². The highest BCUT2D eigenvalue weighted by atomic mass is 32.2. The van der Waals surface area contributed by atoms with Gasteiger partial charge in [-0.1, -0.05) is 0 Å². The van der Waals surface area contributed by atoms with Crippen LogP contribution in [0.2, 0.25) is 0 Å². The third-order valence-electron chi connectivity index (χ3n) is 2.64. The summed E-state index contributed by atoms with van der Waals surface area (Å²) in [5.41, 5.74) is 0. The zero-order chi connectivity index (χ0) is 6.72. The Morgan fingerprint density at radius 1 is 1.60 bits per heavy atom. The van der Waals surface area contributed by atoms with E-state index >= 15 is 0 Å². The molecule has 3 aliphatic rings. The van der Waals surface area contributed by atoms with Gasteiger partial charge in [-0.2, -0.15) is 0 Å². The molecule has 0 bridgehead atoms. The Balaban J connectivity index is 1.81. The second-order valence-corrected chi connectivity index (χ2v) is 4.80. The number of nitrogens with zero attached hydrogens (tertiary/aromatic N) is 1. The molecule has 2 aliphatic heterocycles. The summed E-state index contributed by atoms with van der Waals surface area (Å²) in [6.07, 6.45) is 2.18. The zero-order valence-corrected chi connectivity index (χ0v) is 6.43. The lowest BCUT2D eigenvalue weighted by molar-refractivity contribution is -0.142. The third kappa shape index (κ3) is 0.546. The second-order valence-electron chi connectivity index (χ2n) is 3.38. The first-order valence-corrected chi connectivity index (χ1v) is 4.74. The summed E-state index contributed by atoms with van der Waals surface area (Å²) in [6.45, 7) is 1.07. The summed E-state index contributed by atoms with van der Waals surface area (Å²) in [4.78, 5) is 13.0. The van der Waals surface area contributed by atoms with Gasteiger partial charge < -0.3 is 4.90 Å². The van der Waals surface area contributed by atoms with Gasteiger partial charge in [-0.05, 0) is 12.3 Å². The van der Waals surface area contributed by atoms with Crippen LogP contribution < -0.4 is 0 Å². The smallest absolute Gasteiger partial charge is 0.226 e. The lowest BCUT2D eigenvalue weighted by atomic mass is 10.2. The van der Waals surface area contributed by atoms with E-state index in [2.05, 4.69) is 0 Å². The Morgan fingerprint density at radius 2 is 2.50 bits per heavy atom. The van der Waals surface area contributed by atoms with E-state index in [4.69, 9.17) is 0 Å². The normalized spacial score (nSPS) is 49.4. The van der Waals surface area contributed by atoms with Gasteiger partial charge in [0.25, 0.3) is 0 Å². The van der Waals surface area contributed by atoms with Crippen LogP contribution in [0, 0.1) is 5.92 Å². The van der Waals surface area contributed by atoms with E-state index in [0.717, 1.165) is 24.1 Å². The number of rotatable bonds is 0. The minimum atomic E-state index is 0.378. The van der Waals surface area contributed by atoms with Crippen molar-refractivity contribution in [3.63, 3.8) is 0 Å². The Hall–Kier alpha value is -0.180. The summed E-state index contributed by atoms with van der Waals surface area (Å²) >= 11 is 2.02. The summed E-state index contributed by atoms with van der Waals surface area (Å²) in [5, 5.41) is 1.51. The summed E-state index contributed by atoms with van der Waals surface area (Å²) in [6, 6.07) is 0. The number of carbonyl (C=O) groups is 1. The molecule has 0 radical (unpaired) electrons. The van der Waals surface area contributed by atoms with Crippen LogP contribution in [0.15, 0.2) is 0 Å². The Kier molecular flexibility index (Phi) is 0.833. The molecule has 1 saturated carbocycles. The van der Waals surface area contributed by atoms with E-state index in [1.165, 1.54) is 6.42 Å². The largest absolute Gasteiger partial charge is 0.330 e. The van der Waals surface area contributed by atoms with Crippen molar-refractivity contribution in [3.8, 4) is 0 Å². The molecule has 0 aromatic rings. The number of hydrogen-bond acceptors (Lipinski definition) is 2. The fraction of sp³-hybridized carbons (Fsp3) is 0.857. The van der Waals surface area contributed by atoms with Crippen LogP contribution in [0.25, 0.3) is 0 Å². The second kappa shape index (κ2) is 1.52.